The number of anilines is 1. The van der Waals surface area contributed by atoms with Crippen molar-refractivity contribution in [2.75, 3.05) is 18.5 Å². The fourth-order valence-electron chi connectivity index (χ4n) is 3.59. The van der Waals surface area contributed by atoms with Crippen molar-refractivity contribution in [2.45, 2.75) is 19.9 Å². The molecule has 0 spiro atoms. The van der Waals surface area contributed by atoms with Crippen LogP contribution in [0, 0.1) is 13.8 Å². The van der Waals surface area contributed by atoms with Crippen LogP contribution in [0.4, 0.5) is 10.5 Å². The number of cyclic esters (lactones) is 1. The maximum atomic E-state index is 12.8. The Bertz CT molecular complexity index is 1080. The normalized spacial score (nSPS) is 18.1. The molecule has 0 saturated carbocycles. The van der Waals surface area contributed by atoms with E-state index in [0.717, 1.165) is 11.1 Å². The molecule has 0 bridgehead atoms. The summed E-state index contributed by atoms with van der Waals surface area (Å²) < 4.78 is 5.18. The molecule has 0 aromatic heterocycles. The van der Waals surface area contributed by atoms with Gasteiger partial charge in [0.2, 0.25) is 5.91 Å². The van der Waals surface area contributed by atoms with Gasteiger partial charge in [0.05, 0.1) is 17.3 Å². The van der Waals surface area contributed by atoms with Crippen LogP contribution in [0.1, 0.15) is 22.7 Å². The molecule has 2 aromatic carbocycles. The SMILES string of the molecule is Cc1ccc(C)c(NC(=O)CN2C(=O)N[C@H](c3ccc(Cl)cc3)C3=C2COC3=O)c1. The van der Waals surface area contributed by atoms with Crippen molar-refractivity contribution in [3.8, 4) is 0 Å². The zero-order valence-electron chi connectivity index (χ0n) is 16.5. The summed E-state index contributed by atoms with van der Waals surface area (Å²) in [5.74, 6) is -0.875. The largest absolute Gasteiger partial charge is 0.456 e. The summed E-state index contributed by atoms with van der Waals surface area (Å²) in [6, 6.07) is 11.5. The van der Waals surface area contributed by atoms with E-state index in [0.29, 0.717) is 27.5 Å². The number of ether oxygens (including phenoxy) is 1. The third-order valence-electron chi connectivity index (χ3n) is 5.17. The average Bonchev–Trinajstić information content (AvgIpc) is 3.09. The van der Waals surface area contributed by atoms with Gasteiger partial charge in [-0.3, -0.25) is 9.69 Å². The van der Waals surface area contributed by atoms with Crippen LogP contribution >= 0.6 is 11.6 Å². The smallest absolute Gasteiger partial charge is 0.338 e. The molecule has 7 nitrogen and oxygen atoms in total. The van der Waals surface area contributed by atoms with Crippen LogP contribution < -0.4 is 10.6 Å². The number of benzene rings is 2. The lowest BCUT2D eigenvalue weighted by molar-refractivity contribution is -0.136. The van der Waals surface area contributed by atoms with Crippen LogP contribution in [-0.2, 0) is 14.3 Å². The number of carbonyl (C=O) groups excluding carboxylic acids is 3. The van der Waals surface area contributed by atoms with Crippen LogP contribution in [0.25, 0.3) is 0 Å². The van der Waals surface area contributed by atoms with Gasteiger partial charge in [0.15, 0.2) is 0 Å². The Morgan fingerprint density at radius 2 is 1.93 bits per heavy atom. The summed E-state index contributed by atoms with van der Waals surface area (Å²) in [4.78, 5) is 39.1. The zero-order chi connectivity index (χ0) is 21.4. The second kappa shape index (κ2) is 7.84. The summed E-state index contributed by atoms with van der Waals surface area (Å²) >= 11 is 5.94. The summed E-state index contributed by atoms with van der Waals surface area (Å²) in [7, 11) is 0. The quantitative estimate of drug-likeness (QED) is 0.734. The molecule has 0 fully saturated rings. The number of rotatable bonds is 4. The Morgan fingerprint density at radius 3 is 2.67 bits per heavy atom. The number of carbonyl (C=O) groups is 3. The van der Waals surface area contributed by atoms with Crippen molar-refractivity contribution >= 4 is 35.2 Å². The molecule has 2 aliphatic heterocycles. The van der Waals surface area contributed by atoms with E-state index in [1.807, 2.05) is 32.0 Å². The van der Waals surface area contributed by atoms with E-state index in [-0.39, 0.29) is 19.1 Å². The maximum absolute atomic E-state index is 12.8. The molecule has 0 radical (unpaired) electrons. The number of aryl methyl sites for hydroxylation is 2. The molecular formula is C22H20ClN3O4. The van der Waals surface area contributed by atoms with Crippen molar-refractivity contribution in [2.24, 2.45) is 0 Å². The van der Waals surface area contributed by atoms with Crippen molar-refractivity contribution in [3.63, 3.8) is 0 Å². The number of amides is 3. The number of urea groups is 1. The van der Waals surface area contributed by atoms with E-state index in [1.54, 1.807) is 24.3 Å². The molecule has 154 valence electrons. The van der Waals surface area contributed by atoms with Gasteiger partial charge >= 0.3 is 12.0 Å². The van der Waals surface area contributed by atoms with Gasteiger partial charge in [-0.25, -0.2) is 9.59 Å². The maximum Gasteiger partial charge on any atom is 0.338 e. The molecule has 0 saturated heterocycles. The van der Waals surface area contributed by atoms with Gasteiger partial charge in [-0.05, 0) is 48.7 Å². The highest BCUT2D eigenvalue weighted by atomic mass is 35.5. The minimum absolute atomic E-state index is 0.0531. The van der Waals surface area contributed by atoms with Crippen LogP contribution in [0.5, 0.6) is 0 Å². The standard InChI is InChI=1S/C22H20ClN3O4/c1-12-3-4-13(2)16(9-12)24-18(27)10-26-17-11-30-21(28)19(17)20(25-22(26)29)14-5-7-15(23)8-6-14/h3-9,20H,10-11H2,1-2H3,(H,24,27)(H,25,29)/t20-/m1/s1. The molecule has 2 heterocycles. The van der Waals surface area contributed by atoms with Crippen molar-refractivity contribution in [1.29, 1.82) is 0 Å². The van der Waals surface area contributed by atoms with Gasteiger partial charge in [0.1, 0.15) is 13.2 Å². The van der Waals surface area contributed by atoms with E-state index in [9.17, 15) is 14.4 Å². The van der Waals surface area contributed by atoms with Crippen LogP contribution in [-0.4, -0.2) is 36.0 Å². The van der Waals surface area contributed by atoms with Crippen LogP contribution in [0.2, 0.25) is 5.02 Å². The van der Waals surface area contributed by atoms with E-state index in [4.69, 9.17) is 16.3 Å². The molecule has 4 rings (SSSR count). The van der Waals surface area contributed by atoms with Gasteiger partial charge in [-0.1, -0.05) is 35.9 Å². The summed E-state index contributed by atoms with van der Waals surface area (Å²) in [5, 5.41) is 6.18. The number of hydrogen-bond donors (Lipinski definition) is 2. The molecule has 0 unspecified atom stereocenters. The lowest BCUT2D eigenvalue weighted by Crippen LogP contribution is -2.49. The predicted molar refractivity (Wildman–Crippen MR) is 112 cm³/mol. The number of hydrogen-bond acceptors (Lipinski definition) is 4. The highest BCUT2D eigenvalue weighted by Gasteiger charge is 2.42. The van der Waals surface area contributed by atoms with Gasteiger partial charge in [0.25, 0.3) is 0 Å². The summed E-state index contributed by atoms with van der Waals surface area (Å²) in [6.07, 6.45) is 0. The topological polar surface area (TPSA) is 87.7 Å². The molecule has 2 aromatic rings. The molecule has 2 aliphatic rings. The lowest BCUT2D eigenvalue weighted by Gasteiger charge is -2.32. The Kier molecular flexibility index (Phi) is 5.22. The van der Waals surface area contributed by atoms with Gasteiger partial charge in [-0.2, -0.15) is 0 Å². The second-order valence-corrected chi connectivity index (χ2v) is 7.76. The van der Waals surface area contributed by atoms with Crippen LogP contribution in [0.3, 0.4) is 0 Å². The molecule has 2 N–H and O–H groups in total. The molecule has 30 heavy (non-hydrogen) atoms. The molecular weight excluding hydrogens is 406 g/mol. The Balaban J connectivity index is 1.59. The van der Waals surface area contributed by atoms with Gasteiger partial charge in [0, 0.05) is 10.7 Å². The Morgan fingerprint density at radius 1 is 1.20 bits per heavy atom. The van der Waals surface area contributed by atoms with Crippen molar-refractivity contribution in [1.82, 2.24) is 10.2 Å². The van der Waals surface area contributed by atoms with Crippen LogP contribution in [0.15, 0.2) is 53.7 Å². The summed E-state index contributed by atoms with van der Waals surface area (Å²) in [6.45, 7) is 3.54. The molecule has 1 atom stereocenters. The van der Waals surface area contributed by atoms with Crippen molar-refractivity contribution in [3.05, 3.63) is 75.4 Å². The van der Waals surface area contributed by atoms with Crippen molar-refractivity contribution < 1.29 is 19.1 Å². The first-order valence-electron chi connectivity index (χ1n) is 9.44. The summed E-state index contributed by atoms with van der Waals surface area (Å²) in [5.41, 5.74) is 4.05. The monoisotopic (exact) mass is 425 g/mol. The number of nitrogens with zero attached hydrogens (tertiary/aromatic N) is 1. The highest BCUT2D eigenvalue weighted by Crippen LogP contribution is 2.35. The first-order chi connectivity index (χ1) is 14.3. The lowest BCUT2D eigenvalue weighted by atomic mass is 9.96. The zero-order valence-corrected chi connectivity index (χ0v) is 17.2. The third kappa shape index (κ3) is 3.76. The fourth-order valence-corrected chi connectivity index (χ4v) is 3.71. The van der Waals surface area contributed by atoms with E-state index in [1.165, 1.54) is 4.90 Å². The predicted octanol–water partition coefficient (Wildman–Crippen LogP) is 3.47. The first-order valence-corrected chi connectivity index (χ1v) is 9.82. The second-order valence-electron chi connectivity index (χ2n) is 7.32. The fraction of sp³-hybridized carbons (Fsp3) is 0.227. The van der Waals surface area contributed by atoms with E-state index >= 15 is 0 Å². The minimum atomic E-state index is -0.655. The molecule has 0 aliphatic carbocycles. The van der Waals surface area contributed by atoms with Gasteiger partial charge in [-0.15, -0.1) is 0 Å². The Hall–Kier alpha value is -3.32. The van der Waals surface area contributed by atoms with E-state index in [2.05, 4.69) is 10.6 Å². The third-order valence-corrected chi connectivity index (χ3v) is 5.42. The average molecular weight is 426 g/mol. The number of nitrogens with one attached hydrogen (secondary N) is 2. The highest BCUT2D eigenvalue weighted by molar-refractivity contribution is 6.30. The number of esters is 1. The molecule has 8 heteroatoms. The number of halogens is 1. The Labute approximate surface area is 178 Å². The van der Waals surface area contributed by atoms with E-state index < -0.39 is 18.0 Å². The molecule has 3 amide bonds. The minimum Gasteiger partial charge on any atom is -0.456 e. The van der Waals surface area contributed by atoms with Gasteiger partial charge < -0.3 is 15.4 Å². The first kappa shape index (κ1) is 20.0.